The molecule has 1 atom stereocenters. The summed E-state index contributed by atoms with van der Waals surface area (Å²) in [6.07, 6.45) is 6.81. The van der Waals surface area contributed by atoms with E-state index in [9.17, 15) is 4.79 Å². The first kappa shape index (κ1) is 14.1. The molecule has 3 rings (SSSR count). The van der Waals surface area contributed by atoms with Gasteiger partial charge in [-0.2, -0.15) is 0 Å². The van der Waals surface area contributed by atoms with Crippen LogP contribution in [0.4, 0.5) is 10.6 Å². The van der Waals surface area contributed by atoms with Crippen LogP contribution in [0.5, 0.6) is 5.88 Å². The molecule has 0 aromatic carbocycles. The van der Waals surface area contributed by atoms with Crippen molar-refractivity contribution in [1.29, 1.82) is 0 Å². The fraction of sp³-hybridized carbons (Fsp3) is 0.667. The summed E-state index contributed by atoms with van der Waals surface area (Å²) < 4.78 is 4.96. The molecule has 1 aromatic heterocycles. The minimum absolute atomic E-state index is 0.0781. The number of aromatic nitrogens is 2. The van der Waals surface area contributed by atoms with Crippen LogP contribution in [0.15, 0.2) is 12.4 Å². The Balaban J connectivity index is 1.65. The number of hydrogen-bond donors (Lipinski definition) is 1. The maximum atomic E-state index is 12.4. The number of carbonyl (C=O) groups excluding carboxylic acids is 1. The fourth-order valence-electron chi connectivity index (χ4n) is 3.77. The lowest BCUT2D eigenvalue weighted by molar-refractivity contribution is -0.114. The van der Waals surface area contributed by atoms with Crippen LogP contribution in [0.3, 0.4) is 0 Å². The maximum Gasteiger partial charge on any atom is 0.323 e. The van der Waals surface area contributed by atoms with E-state index in [1.54, 1.807) is 0 Å². The molecule has 2 heterocycles. The Kier molecular flexibility index (Phi) is 3.47. The van der Waals surface area contributed by atoms with Crippen LogP contribution >= 0.6 is 0 Å². The third kappa shape index (κ3) is 2.32. The van der Waals surface area contributed by atoms with E-state index in [1.807, 2.05) is 4.90 Å². The lowest BCUT2D eigenvalue weighted by Gasteiger charge is -2.63. The minimum Gasteiger partial charge on any atom is -0.480 e. The second kappa shape index (κ2) is 5.16. The summed E-state index contributed by atoms with van der Waals surface area (Å²) in [5.74, 6) is 1.37. The van der Waals surface area contributed by atoms with Gasteiger partial charge in [-0.1, -0.05) is 20.3 Å². The normalized spacial score (nSPS) is 22.7. The molecule has 1 spiro atoms. The zero-order valence-corrected chi connectivity index (χ0v) is 12.8. The Morgan fingerprint density at radius 2 is 2.19 bits per heavy atom. The zero-order valence-electron chi connectivity index (χ0n) is 12.8. The molecule has 0 radical (unpaired) electrons. The highest BCUT2D eigenvalue weighted by Gasteiger charge is 2.58. The van der Waals surface area contributed by atoms with Gasteiger partial charge in [0.15, 0.2) is 5.82 Å². The molecular weight excluding hydrogens is 268 g/mol. The second-order valence-electron chi connectivity index (χ2n) is 6.41. The Labute approximate surface area is 124 Å². The van der Waals surface area contributed by atoms with E-state index in [2.05, 4.69) is 29.1 Å². The first-order valence-corrected chi connectivity index (χ1v) is 7.49. The predicted molar refractivity (Wildman–Crippen MR) is 79.2 cm³/mol. The lowest BCUT2D eigenvalue weighted by atomic mass is 9.55. The number of rotatable bonds is 3. The first-order chi connectivity index (χ1) is 10.1. The van der Waals surface area contributed by atoms with E-state index < -0.39 is 0 Å². The van der Waals surface area contributed by atoms with Crippen molar-refractivity contribution in [2.24, 2.45) is 11.3 Å². The summed E-state index contributed by atoms with van der Waals surface area (Å²) in [5, 5.41) is 2.82. The highest BCUT2D eigenvalue weighted by molar-refractivity contribution is 5.89. The molecule has 1 aromatic rings. The largest absolute Gasteiger partial charge is 0.480 e. The van der Waals surface area contributed by atoms with Gasteiger partial charge in [0.05, 0.1) is 19.5 Å². The summed E-state index contributed by atoms with van der Waals surface area (Å²) in [6, 6.07) is 0.267. The summed E-state index contributed by atoms with van der Waals surface area (Å²) in [4.78, 5) is 22.5. The van der Waals surface area contributed by atoms with Crippen LogP contribution in [0.1, 0.15) is 33.1 Å². The predicted octanol–water partition coefficient (Wildman–Crippen LogP) is 2.53. The Bertz CT molecular complexity index is 525. The Morgan fingerprint density at radius 1 is 1.43 bits per heavy atom. The number of urea groups is 1. The smallest absolute Gasteiger partial charge is 0.323 e. The van der Waals surface area contributed by atoms with E-state index in [-0.39, 0.29) is 6.03 Å². The Hall–Kier alpha value is -1.85. The first-order valence-electron chi connectivity index (χ1n) is 7.49. The Morgan fingerprint density at radius 3 is 2.67 bits per heavy atom. The summed E-state index contributed by atoms with van der Waals surface area (Å²) >= 11 is 0. The van der Waals surface area contributed by atoms with E-state index in [0.29, 0.717) is 29.1 Å². The summed E-state index contributed by atoms with van der Waals surface area (Å²) in [5.41, 5.74) is 0.386. The molecule has 1 aliphatic carbocycles. The van der Waals surface area contributed by atoms with Gasteiger partial charge in [-0.25, -0.2) is 14.8 Å². The van der Waals surface area contributed by atoms with Crippen molar-refractivity contribution >= 4 is 11.8 Å². The molecule has 1 aliphatic heterocycles. The molecule has 2 fully saturated rings. The third-order valence-corrected chi connectivity index (χ3v) is 4.76. The van der Waals surface area contributed by atoms with Crippen molar-refractivity contribution in [3.63, 3.8) is 0 Å². The highest BCUT2D eigenvalue weighted by atomic mass is 16.5. The van der Waals surface area contributed by atoms with Gasteiger partial charge in [-0.15, -0.1) is 0 Å². The molecule has 1 saturated carbocycles. The number of carbonyl (C=O) groups is 1. The number of anilines is 1. The van der Waals surface area contributed by atoms with Gasteiger partial charge < -0.3 is 9.64 Å². The number of likely N-dealkylation sites (tertiary alicyclic amines) is 1. The summed E-state index contributed by atoms with van der Waals surface area (Å²) in [6.45, 7) is 5.25. The van der Waals surface area contributed by atoms with E-state index in [4.69, 9.17) is 4.74 Å². The van der Waals surface area contributed by atoms with E-state index in [0.717, 1.165) is 6.54 Å². The molecule has 2 aliphatic rings. The number of methoxy groups -OCH3 is 1. The van der Waals surface area contributed by atoms with Gasteiger partial charge in [0.2, 0.25) is 5.88 Å². The number of hydrogen-bond acceptors (Lipinski definition) is 4. The average molecular weight is 290 g/mol. The molecule has 2 amide bonds. The van der Waals surface area contributed by atoms with Crippen molar-refractivity contribution in [3.05, 3.63) is 12.4 Å². The quantitative estimate of drug-likeness (QED) is 0.929. The molecule has 6 nitrogen and oxygen atoms in total. The van der Waals surface area contributed by atoms with Gasteiger partial charge in [-0.05, 0) is 18.8 Å². The fourth-order valence-corrected chi connectivity index (χ4v) is 3.77. The van der Waals surface area contributed by atoms with Gasteiger partial charge in [0.25, 0.3) is 0 Å². The van der Waals surface area contributed by atoms with Crippen molar-refractivity contribution < 1.29 is 9.53 Å². The number of nitrogens with one attached hydrogen (secondary N) is 1. The van der Waals surface area contributed by atoms with Gasteiger partial charge in [0, 0.05) is 18.0 Å². The molecule has 21 heavy (non-hydrogen) atoms. The van der Waals surface area contributed by atoms with Crippen LogP contribution < -0.4 is 10.1 Å². The van der Waals surface area contributed by atoms with Crippen molar-refractivity contribution in [2.75, 3.05) is 19.0 Å². The molecule has 1 unspecified atom stereocenters. The van der Waals surface area contributed by atoms with E-state index in [1.165, 1.54) is 38.8 Å². The van der Waals surface area contributed by atoms with Gasteiger partial charge in [-0.3, -0.25) is 5.32 Å². The van der Waals surface area contributed by atoms with Crippen molar-refractivity contribution in [1.82, 2.24) is 14.9 Å². The van der Waals surface area contributed by atoms with Crippen LogP contribution in [0.25, 0.3) is 0 Å². The molecule has 0 bridgehead atoms. The number of nitrogens with zero attached hydrogens (tertiary/aromatic N) is 3. The zero-order chi connectivity index (χ0) is 15.0. The lowest BCUT2D eigenvalue weighted by Crippen LogP contribution is -2.71. The molecule has 114 valence electrons. The molecule has 1 N–H and O–H groups in total. The summed E-state index contributed by atoms with van der Waals surface area (Å²) in [7, 11) is 1.54. The molecular formula is C15H22N4O2. The van der Waals surface area contributed by atoms with Crippen molar-refractivity contribution in [2.45, 2.75) is 39.2 Å². The molecule has 6 heteroatoms. The number of amides is 2. The van der Waals surface area contributed by atoms with E-state index >= 15 is 0 Å². The van der Waals surface area contributed by atoms with Crippen LogP contribution in [0.2, 0.25) is 0 Å². The maximum absolute atomic E-state index is 12.4. The monoisotopic (exact) mass is 290 g/mol. The standard InChI is InChI=1S/C15H22N4O2/c1-10(2)13-15(5-4-6-15)9-19(13)14(20)18-11-7-17-12(21-3)8-16-11/h7-8,10,13H,4-6,9H2,1-3H3,(H,16,18,20). The molecule has 1 saturated heterocycles. The minimum atomic E-state index is -0.0781. The highest BCUT2D eigenvalue weighted by Crippen LogP contribution is 2.55. The third-order valence-electron chi connectivity index (χ3n) is 4.76. The topological polar surface area (TPSA) is 67.3 Å². The average Bonchev–Trinajstić information content (AvgIpc) is 2.36. The van der Waals surface area contributed by atoms with Crippen LogP contribution in [-0.4, -0.2) is 40.6 Å². The van der Waals surface area contributed by atoms with Gasteiger partial charge >= 0.3 is 6.03 Å². The van der Waals surface area contributed by atoms with Crippen LogP contribution in [0, 0.1) is 11.3 Å². The second-order valence-corrected chi connectivity index (χ2v) is 6.41. The SMILES string of the molecule is COc1cnc(NC(=O)N2CC3(CCC3)C2C(C)C)cn1. The van der Waals surface area contributed by atoms with Crippen molar-refractivity contribution in [3.8, 4) is 5.88 Å². The van der Waals surface area contributed by atoms with Gasteiger partial charge in [0.1, 0.15) is 0 Å². The number of ether oxygens (including phenoxy) is 1. The van der Waals surface area contributed by atoms with Crippen LogP contribution in [-0.2, 0) is 0 Å².